The normalized spacial score (nSPS) is 7.20. The second-order valence-electron chi connectivity index (χ2n) is 1.24. The summed E-state index contributed by atoms with van der Waals surface area (Å²) in [6.07, 6.45) is 0. The molecule has 0 aromatic carbocycles. The van der Waals surface area contributed by atoms with Crippen molar-refractivity contribution in [3.05, 3.63) is 0 Å². The van der Waals surface area contributed by atoms with Crippen LogP contribution < -0.4 is 35.3 Å². The summed E-state index contributed by atoms with van der Waals surface area (Å²) in [6, 6.07) is 0.333. The van der Waals surface area contributed by atoms with Gasteiger partial charge in [0.05, 0.1) is 0 Å². The second kappa shape index (κ2) is 4.96. The molecule has 2 heteroatoms. The van der Waals surface area contributed by atoms with E-state index in [0.717, 1.165) is 0 Å². The maximum absolute atomic E-state index is 5.11. The Balaban J connectivity index is 0. The largest absolute Gasteiger partial charge is 1.00 e. The van der Waals surface area contributed by atoms with E-state index in [9.17, 15) is 0 Å². The van der Waals surface area contributed by atoms with Crippen LogP contribution in [0.5, 0.6) is 0 Å². The fraction of sp³-hybridized carbons (Fsp3) is 1.00. The molecule has 0 aromatic rings. The average molecular weight is 82.1 g/mol. The molecule has 0 fully saturated rings. The summed E-state index contributed by atoms with van der Waals surface area (Å²) in [5.41, 5.74) is 5.11. The van der Waals surface area contributed by atoms with Crippen molar-refractivity contribution in [3.63, 3.8) is 0 Å². The van der Waals surface area contributed by atoms with Gasteiger partial charge in [0.2, 0.25) is 0 Å². The topological polar surface area (TPSA) is 26.0 Å². The Morgan fingerprint density at radius 3 is 1.40 bits per heavy atom. The van der Waals surface area contributed by atoms with E-state index in [4.69, 9.17) is 5.73 Å². The van der Waals surface area contributed by atoms with Crippen molar-refractivity contribution in [1.29, 1.82) is 0 Å². The molecular formula is C3H9NNa+. The zero-order valence-corrected chi connectivity index (χ0v) is 6.15. The van der Waals surface area contributed by atoms with Crippen LogP contribution in [-0.2, 0) is 0 Å². The third kappa shape index (κ3) is 47.2. The summed E-state index contributed by atoms with van der Waals surface area (Å²) in [7, 11) is 0. The Labute approximate surface area is 55.2 Å². The molecule has 0 rings (SSSR count). The molecule has 0 saturated heterocycles. The first kappa shape index (κ1) is 9.35. The molecule has 0 aliphatic carbocycles. The van der Waals surface area contributed by atoms with Gasteiger partial charge in [-0.2, -0.15) is 0 Å². The molecule has 0 radical (unpaired) electrons. The third-order valence-corrected chi connectivity index (χ3v) is 0. The van der Waals surface area contributed by atoms with Crippen molar-refractivity contribution in [3.8, 4) is 0 Å². The minimum absolute atomic E-state index is 0. The SMILES string of the molecule is CC(C)N.[Na+]. The summed E-state index contributed by atoms with van der Waals surface area (Å²) in [4.78, 5) is 0. The van der Waals surface area contributed by atoms with Crippen LogP contribution in [0, 0.1) is 0 Å². The smallest absolute Gasteiger partial charge is 0.328 e. The Morgan fingerprint density at radius 1 is 1.40 bits per heavy atom. The van der Waals surface area contributed by atoms with Gasteiger partial charge in [-0.25, -0.2) is 0 Å². The van der Waals surface area contributed by atoms with E-state index in [1.54, 1.807) is 0 Å². The molecule has 0 spiro atoms. The van der Waals surface area contributed by atoms with Crippen LogP contribution in [0.25, 0.3) is 0 Å². The van der Waals surface area contributed by atoms with Crippen molar-refractivity contribution < 1.29 is 29.6 Å². The Morgan fingerprint density at radius 2 is 1.40 bits per heavy atom. The van der Waals surface area contributed by atoms with E-state index in [0.29, 0.717) is 6.04 Å². The predicted octanol–water partition coefficient (Wildman–Crippen LogP) is -2.64. The molecule has 0 atom stereocenters. The Bertz CT molecular complexity index is 11.6. The van der Waals surface area contributed by atoms with Crippen molar-refractivity contribution in [2.24, 2.45) is 5.73 Å². The zero-order chi connectivity index (χ0) is 3.58. The van der Waals surface area contributed by atoms with Gasteiger partial charge in [-0.05, 0) is 6.04 Å². The van der Waals surface area contributed by atoms with Gasteiger partial charge in [-0.1, -0.05) is 13.8 Å². The molecule has 0 aromatic heterocycles. The van der Waals surface area contributed by atoms with Gasteiger partial charge in [-0.15, -0.1) is 0 Å². The van der Waals surface area contributed by atoms with Gasteiger partial charge in [0.15, 0.2) is 0 Å². The monoisotopic (exact) mass is 82.1 g/mol. The predicted molar refractivity (Wildman–Crippen MR) is 19.3 cm³/mol. The third-order valence-electron chi connectivity index (χ3n) is 0. The van der Waals surface area contributed by atoms with E-state index < -0.39 is 0 Å². The molecule has 2 N–H and O–H groups in total. The molecule has 0 aliphatic heterocycles. The average Bonchev–Trinajstić information content (AvgIpc) is 0.811. The zero-order valence-electron chi connectivity index (χ0n) is 4.15. The first-order valence-corrected chi connectivity index (χ1v) is 1.49. The van der Waals surface area contributed by atoms with Crippen molar-refractivity contribution >= 4 is 0 Å². The van der Waals surface area contributed by atoms with Crippen LogP contribution in [0.4, 0.5) is 0 Å². The molecule has 0 amide bonds. The van der Waals surface area contributed by atoms with Crippen molar-refractivity contribution in [2.75, 3.05) is 0 Å². The molecule has 5 heavy (non-hydrogen) atoms. The second-order valence-corrected chi connectivity index (χ2v) is 1.24. The van der Waals surface area contributed by atoms with Gasteiger partial charge in [0.1, 0.15) is 0 Å². The number of nitrogens with two attached hydrogens (primary N) is 1. The first-order chi connectivity index (χ1) is 1.73. The van der Waals surface area contributed by atoms with Gasteiger partial charge in [-0.3, -0.25) is 0 Å². The maximum Gasteiger partial charge on any atom is 1.00 e. The number of hydrogen-bond acceptors (Lipinski definition) is 1. The minimum Gasteiger partial charge on any atom is -0.328 e. The van der Waals surface area contributed by atoms with E-state index >= 15 is 0 Å². The molecule has 0 aliphatic rings. The van der Waals surface area contributed by atoms with E-state index in [1.165, 1.54) is 0 Å². The van der Waals surface area contributed by atoms with Crippen LogP contribution in [-0.4, -0.2) is 6.04 Å². The number of hydrogen-bond donors (Lipinski definition) is 1. The molecule has 0 saturated carbocycles. The van der Waals surface area contributed by atoms with E-state index in [1.807, 2.05) is 13.8 Å². The van der Waals surface area contributed by atoms with Crippen molar-refractivity contribution in [1.82, 2.24) is 0 Å². The number of rotatable bonds is 0. The summed E-state index contributed by atoms with van der Waals surface area (Å²) in [5, 5.41) is 0. The molecule has 0 unspecified atom stereocenters. The quantitative estimate of drug-likeness (QED) is 0.318. The maximum atomic E-state index is 5.11. The Hall–Kier alpha value is 0.960. The summed E-state index contributed by atoms with van der Waals surface area (Å²) in [6.45, 7) is 3.89. The van der Waals surface area contributed by atoms with E-state index in [2.05, 4.69) is 0 Å². The van der Waals surface area contributed by atoms with Crippen LogP contribution in [0.1, 0.15) is 13.8 Å². The molecule has 0 heterocycles. The fourth-order valence-corrected chi connectivity index (χ4v) is 0. The van der Waals surface area contributed by atoms with Gasteiger partial charge < -0.3 is 5.73 Å². The summed E-state index contributed by atoms with van der Waals surface area (Å²) < 4.78 is 0. The molecular weight excluding hydrogens is 73.0 g/mol. The van der Waals surface area contributed by atoms with Crippen LogP contribution in [0.2, 0.25) is 0 Å². The first-order valence-electron chi connectivity index (χ1n) is 1.49. The summed E-state index contributed by atoms with van der Waals surface area (Å²) >= 11 is 0. The van der Waals surface area contributed by atoms with Crippen molar-refractivity contribution in [2.45, 2.75) is 19.9 Å². The Kier molecular flexibility index (Phi) is 9.28. The standard InChI is InChI=1S/C3H9N.Na/c1-3(2)4;/h3H,4H2,1-2H3;/q;+1. The van der Waals surface area contributed by atoms with Gasteiger partial charge >= 0.3 is 29.6 Å². The molecule has 1 nitrogen and oxygen atoms in total. The fourth-order valence-electron chi connectivity index (χ4n) is 0. The van der Waals surface area contributed by atoms with Gasteiger partial charge in [0, 0.05) is 0 Å². The van der Waals surface area contributed by atoms with Crippen LogP contribution in [0.3, 0.4) is 0 Å². The van der Waals surface area contributed by atoms with Crippen LogP contribution >= 0.6 is 0 Å². The van der Waals surface area contributed by atoms with Gasteiger partial charge in [0.25, 0.3) is 0 Å². The summed E-state index contributed by atoms with van der Waals surface area (Å²) in [5.74, 6) is 0. The van der Waals surface area contributed by atoms with E-state index in [-0.39, 0.29) is 29.6 Å². The molecule has 26 valence electrons. The van der Waals surface area contributed by atoms with Crippen LogP contribution in [0.15, 0.2) is 0 Å². The molecule has 0 bridgehead atoms. The minimum atomic E-state index is 0.